The Bertz CT molecular complexity index is 962. The predicted molar refractivity (Wildman–Crippen MR) is 103 cm³/mol. The number of amides is 2. The van der Waals surface area contributed by atoms with Crippen LogP contribution in [0, 0.1) is 0 Å². The van der Waals surface area contributed by atoms with E-state index in [4.69, 9.17) is 4.42 Å². The number of hydrogen-bond acceptors (Lipinski definition) is 3. The minimum Gasteiger partial charge on any atom is -0.408 e. The molecule has 2 amide bonds. The molecule has 1 aromatic heterocycles. The van der Waals surface area contributed by atoms with Gasteiger partial charge < -0.3 is 15.1 Å². The van der Waals surface area contributed by atoms with Crippen molar-refractivity contribution in [3.05, 3.63) is 64.1 Å². The number of urea groups is 1. The predicted octanol–water partition coefficient (Wildman–Crippen LogP) is 3.78. The van der Waals surface area contributed by atoms with Crippen LogP contribution < -0.4 is 16.4 Å². The van der Waals surface area contributed by atoms with Crippen LogP contribution >= 0.6 is 0 Å². The highest BCUT2D eigenvalue weighted by Gasteiger charge is 2.12. The van der Waals surface area contributed by atoms with Crippen LogP contribution in [0.5, 0.6) is 0 Å². The van der Waals surface area contributed by atoms with E-state index in [1.54, 1.807) is 18.2 Å². The Labute approximate surface area is 151 Å². The van der Waals surface area contributed by atoms with Crippen LogP contribution in [0.1, 0.15) is 31.9 Å². The SMILES string of the molecule is CC(C)(C)c1ccc(CCNC(=O)Nc2ccc3[nH]c(=O)oc3c2)cc1. The number of aromatic amines is 1. The second-order valence-corrected chi connectivity index (χ2v) is 7.30. The molecule has 136 valence electrons. The van der Waals surface area contributed by atoms with Gasteiger partial charge in [-0.15, -0.1) is 0 Å². The van der Waals surface area contributed by atoms with Crippen LogP contribution in [0.25, 0.3) is 11.1 Å². The summed E-state index contributed by atoms with van der Waals surface area (Å²) >= 11 is 0. The van der Waals surface area contributed by atoms with Crippen LogP contribution in [0.15, 0.2) is 51.7 Å². The van der Waals surface area contributed by atoms with Crippen LogP contribution in [0.3, 0.4) is 0 Å². The summed E-state index contributed by atoms with van der Waals surface area (Å²) in [6.07, 6.45) is 0.754. The second kappa shape index (κ2) is 7.07. The summed E-state index contributed by atoms with van der Waals surface area (Å²) in [6, 6.07) is 13.2. The zero-order chi connectivity index (χ0) is 18.7. The van der Waals surface area contributed by atoms with E-state index in [0.717, 1.165) is 6.42 Å². The van der Waals surface area contributed by atoms with Crippen molar-refractivity contribution in [1.82, 2.24) is 10.3 Å². The number of aromatic nitrogens is 1. The molecule has 3 rings (SSSR count). The first-order chi connectivity index (χ1) is 12.3. The summed E-state index contributed by atoms with van der Waals surface area (Å²) in [5.41, 5.74) is 4.17. The zero-order valence-electron chi connectivity index (χ0n) is 15.2. The third kappa shape index (κ3) is 4.33. The van der Waals surface area contributed by atoms with E-state index >= 15 is 0 Å². The maximum absolute atomic E-state index is 12.0. The Morgan fingerprint density at radius 3 is 2.54 bits per heavy atom. The molecule has 0 spiro atoms. The molecular formula is C20H23N3O3. The van der Waals surface area contributed by atoms with Crippen LogP contribution in [-0.4, -0.2) is 17.6 Å². The lowest BCUT2D eigenvalue weighted by Gasteiger charge is -2.19. The minimum atomic E-state index is -0.515. The van der Waals surface area contributed by atoms with E-state index in [1.807, 2.05) is 0 Å². The molecule has 1 heterocycles. The molecule has 0 aliphatic carbocycles. The normalized spacial score (nSPS) is 11.5. The number of carbonyl (C=O) groups excluding carboxylic acids is 1. The van der Waals surface area contributed by atoms with Gasteiger partial charge in [0.05, 0.1) is 5.52 Å². The molecule has 3 aromatic rings. The van der Waals surface area contributed by atoms with E-state index in [0.29, 0.717) is 23.3 Å². The van der Waals surface area contributed by atoms with Crippen molar-refractivity contribution >= 4 is 22.8 Å². The van der Waals surface area contributed by atoms with Gasteiger partial charge in [0.15, 0.2) is 5.58 Å². The molecule has 6 heteroatoms. The maximum atomic E-state index is 12.0. The molecule has 0 saturated carbocycles. The average Bonchev–Trinajstić information content (AvgIpc) is 2.94. The van der Waals surface area contributed by atoms with Crippen molar-refractivity contribution in [1.29, 1.82) is 0 Å². The van der Waals surface area contributed by atoms with E-state index in [1.165, 1.54) is 11.1 Å². The molecule has 0 aliphatic rings. The van der Waals surface area contributed by atoms with Gasteiger partial charge in [-0.1, -0.05) is 45.0 Å². The van der Waals surface area contributed by atoms with Crippen molar-refractivity contribution in [3.8, 4) is 0 Å². The monoisotopic (exact) mass is 353 g/mol. The molecule has 0 atom stereocenters. The Kier molecular flexibility index (Phi) is 4.84. The molecule has 0 radical (unpaired) electrons. The topological polar surface area (TPSA) is 87.1 Å². The Morgan fingerprint density at radius 2 is 1.85 bits per heavy atom. The molecule has 0 aliphatic heterocycles. The molecule has 6 nitrogen and oxygen atoms in total. The van der Waals surface area contributed by atoms with Crippen LogP contribution in [-0.2, 0) is 11.8 Å². The summed E-state index contributed by atoms with van der Waals surface area (Å²) in [5.74, 6) is -0.515. The highest BCUT2D eigenvalue weighted by Crippen LogP contribution is 2.22. The highest BCUT2D eigenvalue weighted by molar-refractivity contribution is 5.91. The molecule has 0 saturated heterocycles. The van der Waals surface area contributed by atoms with E-state index in [2.05, 4.69) is 60.7 Å². The van der Waals surface area contributed by atoms with Gasteiger partial charge in [-0.05, 0) is 35.1 Å². The largest absolute Gasteiger partial charge is 0.417 e. The number of nitrogens with one attached hydrogen (secondary N) is 3. The van der Waals surface area contributed by atoms with Crippen molar-refractivity contribution < 1.29 is 9.21 Å². The lowest BCUT2D eigenvalue weighted by atomic mass is 9.86. The zero-order valence-corrected chi connectivity index (χ0v) is 15.2. The van der Waals surface area contributed by atoms with Gasteiger partial charge in [0.2, 0.25) is 0 Å². The quantitative estimate of drug-likeness (QED) is 0.667. The molecule has 0 bridgehead atoms. The molecule has 26 heavy (non-hydrogen) atoms. The van der Waals surface area contributed by atoms with Crippen LogP contribution in [0.4, 0.5) is 10.5 Å². The van der Waals surface area contributed by atoms with Gasteiger partial charge in [0, 0.05) is 18.3 Å². The number of anilines is 1. The third-order valence-corrected chi connectivity index (χ3v) is 4.20. The van der Waals surface area contributed by atoms with E-state index < -0.39 is 5.76 Å². The molecule has 0 fully saturated rings. The Balaban J connectivity index is 1.51. The summed E-state index contributed by atoms with van der Waals surface area (Å²) in [4.78, 5) is 25.7. The van der Waals surface area contributed by atoms with Gasteiger partial charge >= 0.3 is 11.8 Å². The summed E-state index contributed by atoms with van der Waals surface area (Å²) in [7, 11) is 0. The molecule has 0 unspecified atom stereocenters. The van der Waals surface area contributed by atoms with Crippen LogP contribution in [0.2, 0.25) is 0 Å². The number of oxazole rings is 1. The third-order valence-electron chi connectivity index (χ3n) is 4.20. The molecule has 2 aromatic carbocycles. The number of benzene rings is 2. The second-order valence-electron chi connectivity index (χ2n) is 7.30. The number of H-pyrrole nitrogens is 1. The number of rotatable bonds is 4. The first-order valence-electron chi connectivity index (χ1n) is 8.58. The maximum Gasteiger partial charge on any atom is 0.417 e. The highest BCUT2D eigenvalue weighted by atomic mass is 16.4. The van der Waals surface area contributed by atoms with Gasteiger partial charge in [0.1, 0.15) is 0 Å². The van der Waals surface area contributed by atoms with Crippen molar-refractivity contribution in [3.63, 3.8) is 0 Å². The van der Waals surface area contributed by atoms with Crippen molar-refractivity contribution in [2.24, 2.45) is 0 Å². The Hall–Kier alpha value is -3.02. The van der Waals surface area contributed by atoms with Crippen molar-refractivity contribution in [2.75, 3.05) is 11.9 Å². The summed E-state index contributed by atoms with van der Waals surface area (Å²) < 4.78 is 4.98. The Morgan fingerprint density at radius 1 is 1.12 bits per heavy atom. The first kappa shape index (κ1) is 17.8. The molecule has 3 N–H and O–H groups in total. The summed E-state index contributed by atoms with van der Waals surface area (Å²) in [6.45, 7) is 7.08. The smallest absolute Gasteiger partial charge is 0.408 e. The van der Waals surface area contributed by atoms with Gasteiger partial charge in [-0.2, -0.15) is 0 Å². The fraction of sp³-hybridized carbons (Fsp3) is 0.300. The lowest BCUT2D eigenvalue weighted by Crippen LogP contribution is -2.30. The fourth-order valence-electron chi connectivity index (χ4n) is 2.69. The van der Waals surface area contributed by atoms with E-state index in [9.17, 15) is 9.59 Å². The minimum absolute atomic E-state index is 0.135. The van der Waals surface area contributed by atoms with E-state index in [-0.39, 0.29) is 11.4 Å². The van der Waals surface area contributed by atoms with Gasteiger partial charge in [-0.25, -0.2) is 9.59 Å². The standard InChI is InChI=1S/C20H23N3O3/c1-20(2,3)14-6-4-13(5-7-14)10-11-21-18(24)22-15-8-9-16-17(12-15)26-19(25)23-16/h4-9,12H,10-11H2,1-3H3,(H,23,25)(H2,21,22,24). The van der Waals surface area contributed by atoms with Crippen molar-refractivity contribution in [2.45, 2.75) is 32.6 Å². The fourth-order valence-corrected chi connectivity index (χ4v) is 2.69. The molecular weight excluding hydrogens is 330 g/mol. The summed E-state index contributed by atoms with van der Waals surface area (Å²) in [5, 5.41) is 5.56. The number of carbonyl (C=O) groups is 1. The number of hydrogen-bond donors (Lipinski definition) is 3. The van der Waals surface area contributed by atoms with Gasteiger partial charge in [0.25, 0.3) is 0 Å². The van der Waals surface area contributed by atoms with Gasteiger partial charge in [-0.3, -0.25) is 4.98 Å². The first-order valence-corrected chi connectivity index (χ1v) is 8.58. The average molecular weight is 353 g/mol. The lowest BCUT2D eigenvalue weighted by molar-refractivity contribution is 0.252. The number of fused-ring (bicyclic) bond motifs is 1.